The Morgan fingerprint density at radius 1 is 1.25 bits per heavy atom. The van der Waals surface area contributed by atoms with Crippen molar-refractivity contribution in [2.45, 2.75) is 45.8 Å². The van der Waals surface area contributed by atoms with Crippen molar-refractivity contribution < 1.29 is 13.2 Å². The van der Waals surface area contributed by atoms with Crippen molar-refractivity contribution in [1.82, 2.24) is 0 Å². The van der Waals surface area contributed by atoms with E-state index in [0.717, 1.165) is 6.42 Å². The Kier molecular flexibility index (Phi) is 5.87. The lowest BCUT2D eigenvalue weighted by Crippen LogP contribution is -2.34. The van der Waals surface area contributed by atoms with Gasteiger partial charge in [-0.05, 0) is 50.9 Å². The largest absolute Gasteiger partial charge is 0.418 e. The van der Waals surface area contributed by atoms with E-state index in [1.165, 1.54) is 6.07 Å². The Hall–Kier alpha value is -1.23. The van der Waals surface area contributed by atoms with Crippen molar-refractivity contribution in [3.63, 3.8) is 0 Å². The predicted molar refractivity (Wildman–Crippen MR) is 77.0 cm³/mol. The minimum atomic E-state index is -4.35. The molecule has 0 saturated heterocycles. The predicted octanol–water partition coefficient (Wildman–Crippen LogP) is 3.83. The number of rotatable bonds is 6. The van der Waals surface area contributed by atoms with Crippen LogP contribution in [0.25, 0.3) is 0 Å². The molecule has 5 heteroatoms. The molecular weight excluding hydrogens is 265 g/mol. The van der Waals surface area contributed by atoms with E-state index in [9.17, 15) is 13.2 Å². The molecule has 0 fully saturated rings. The average Bonchev–Trinajstić information content (AvgIpc) is 2.39. The highest BCUT2D eigenvalue weighted by molar-refractivity contribution is 5.57. The molecule has 1 aromatic carbocycles. The summed E-state index contributed by atoms with van der Waals surface area (Å²) in [6, 6.07) is 4.61. The lowest BCUT2D eigenvalue weighted by Gasteiger charge is -2.32. The van der Waals surface area contributed by atoms with Crippen molar-refractivity contribution in [2.24, 2.45) is 5.73 Å². The van der Waals surface area contributed by atoms with Crippen LogP contribution in [0.15, 0.2) is 18.2 Å². The van der Waals surface area contributed by atoms with Crippen LogP contribution >= 0.6 is 0 Å². The molecule has 0 spiro atoms. The van der Waals surface area contributed by atoms with Crippen LogP contribution < -0.4 is 10.6 Å². The molecule has 2 nitrogen and oxygen atoms in total. The summed E-state index contributed by atoms with van der Waals surface area (Å²) in [7, 11) is 0. The summed E-state index contributed by atoms with van der Waals surface area (Å²) in [4.78, 5) is 1.80. The van der Waals surface area contributed by atoms with E-state index in [4.69, 9.17) is 5.73 Å². The lowest BCUT2D eigenvalue weighted by atomic mass is 10.0. The molecule has 20 heavy (non-hydrogen) atoms. The molecule has 0 aliphatic rings. The van der Waals surface area contributed by atoms with E-state index in [2.05, 4.69) is 0 Å². The molecule has 1 atom stereocenters. The van der Waals surface area contributed by atoms with E-state index in [1.54, 1.807) is 17.0 Å². The molecule has 0 saturated carbocycles. The first-order chi connectivity index (χ1) is 9.35. The third-order valence-corrected chi connectivity index (χ3v) is 3.57. The van der Waals surface area contributed by atoms with Crippen LogP contribution in [0.4, 0.5) is 18.9 Å². The molecule has 1 rings (SSSR count). The van der Waals surface area contributed by atoms with Crippen LogP contribution in [-0.2, 0) is 12.6 Å². The molecule has 0 aliphatic carbocycles. The summed E-state index contributed by atoms with van der Waals surface area (Å²) >= 11 is 0. The molecule has 0 aliphatic heterocycles. The van der Waals surface area contributed by atoms with Gasteiger partial charge in [-0.3, -0.25) is 0 Å². The number of nitrogens with zero attached hydrogens (tertiary/aromatic N) is 1. The third-order valence-electron chi connectivity index (χ3n) is 3.57. The molecule has 0 aromatic heterocycles. The average molecular weight is 288 g/mol. The van der Waals surface area contributed by atoms with Crippen molar-refractivity contribution in [1.29, 1.82) is 0 Å². The zero-order valence-electron chi connectivity index (χ0n) is 12.3. The first-order valence-corrected chi connectivity index (χ1v) is 7.01. The Morgan fingerprint density at radius 2 is 1.90 bits per heavy atom. The van der Waals surface area contributed by atoms with Gasteiger partial charge in [0.05, 0.1) is 5.56 Å². The fourth-order valence-corrected chi connectivity index (χ4v) is 2.32. The maximum atomic E-state index is 13.3. The van der Waals surface area contributed by atoms with Crippen LogP contribution in [-0.4, -0.2) is 19.1 Å². The molecule has 0 radical (unpaired) electrons. The van der Waals surface area contributed by atoms with Gasteiger partial charge in [0.1, 0.15) is 0 Å². The number of anilines is 1. The van der Waals surface area contributed by atoms with Gasteiger partial charge < -0.3 is 10.6 Å². The number of halogens is 3. The monoisotopic (exact) mass is 288 g/mol. The van der Waals surface area contributed by atoms with E-state index in [-0.39, 0.29) is 11.7 Å². The Balaban J connectivity index is 3.30. The van der Waals surface area contributed by atoms with Gasteiger partial charge in [0.15, 0.2) is 0 Å². The normalized spacial score (nSPS) is 13.3. The maximum absolute atomic E-state index is 13.3. The van der Waals surface area contributed by atoms with Gasteiger partial charge in [0, 0.05) is 18.3 Å². The second-order valence-electron chi connectivity index (χ2n) is 4.93. The van der Waals surface area contributed by atoms with Gasteiger partial charge in [0.25, 0.3) is 0 Å². The Morgan fingerprint density at radius 3 is 2.35 bits per heavy atom. The van der Waals surface area contributed by atoms with Crippen molar-refractivity contribution >= 4 is 5.69 Å². The van der Waals surface area contributed by atoms with Crippen molar-refractivity contribution in [2.75, 3.05) is 18.0 Å². The van der Waals surface area contributed by atoms with Gasteiger partial charge in [-0.1, -0.05) is 13.0 Å². The standard InChI is InChI=1S/C15H23F3N2/c1-4-11(3)20(5-2)14-7-6-12(8-9-19)10-13(14)15(16,17)18/h6-7,10-11H,4-5,8-9,19H2,1-3H3. The van der Waals surface area contributed by atoms with Crippen LogP contribution in [0.2, 0.25) is 0 Å². The summed E-state index contributed by atoms with van der Waals surface area (Å²) in [6.45, 7) is 6.69. The number of hydrogen-bond acceptors (Lipinski definition) is 2. The molecule has 1 unspecified atom stereocenters. The summed E-state index contributed by atoms with van der Waals surface area (Å²) in [6.07, 6.45) is -3.09. The second kappa shape index (κ2) is 6.97. The molecule has 0 heterocycles. The third kappa shape index (κ3) is 3.88. The number of nitrogens with two attached hydrogens (primary N) is 1. The van der Waals surface area contributed by atoms with Crippen LogP contribution in [0.5, 0.6) is 0 Å². The van der Waals surface area contributed by atoms with Gasteiger partial charge in [-0.2, -0.15) is 13.2 Å². The maximum Gasteiger partial charge on any atom is 0.418 e. The first-order valence-electron chi connectivity index (χ1n) is 7.01. The highest BCUT2D eigenvalue weighted by Gasteiger charge is 2.35. The Labute approximate surface area is 118 Å². The van der Waals surface area contributed by atoms with E-state index >= 15 is 0 Å². The molecule has 114 valence electrons. The van der Waals surface area contributed by atoms with Crippen LogP contribution in [0.3, 0.4) is 0 Å². The highest BCUT2D eigenvalue weighted by Crippen LogP contribution is 2.38. The fourth-order valence-electron chi connectivity index (χ4n) is 2.32. The Bertz CT molecular complexity index is 430. The lowest BCUT2D eigenvalue weighted by molar-refractivity contribution is -0.137. The van der Waals surface area contributed by atoms with Crippen LogP contribution in [0, 0.1) is 0 Å². The van der Waals surface area contributed by atoms with Gasteiger partial charge in [0.2, 0.25) is 0 Å². The first kappa shape index (κ1) is 16.8. The minimum Gasteiger partial charge on any atom is -0.369 e. The van der Waals surface area contributed by atoms with Gasteiger partial charge >= 0.3 is 6.18 Å². The van der Waals surface area contributed by atoms with E-state index < -0.39 is 11.7 Å². The second-order valence-corrected chi connectivity index (χ2v) is 4.93. The zero-order valence-corrected chi connectivity index (χ0v) is 12.3. The minimum absolute atomic E-state index is 0.0708. The highest BCUT2D eigenvalue weighted by atomic mass is 19.4. The topological polar surface area (TPSA) is 29.3 Å². The number of alkyl halides is 3. The molecular formula is C15H23F3N2. The fraction of sp³-hybridized carbons (Fsp3) is 0.600. The molecule has 2 N–H and O–H groups in total. The smallest absolute Gasteiger partial charge is 0.369 e. The molecule has 0 bridgehead atoms. The quantitative estimate of drug-likeness (QED) is 0.862. The number of hydrogen-bond donors (Lipinski definition) is 1. The summed E-state index contributed by atoms with van der Waals surface area (Å²) in [5.41, 5.74) is 5.75. The van der Waals surface area contributed by atoms with E-state index in [0.29, 0.717) is 25.1 Å². The van der Waals surface area contributed by atoms with Crippen molar-refractivity contribution in [3.05, 3.63) is 29.3 Å². The molecule has 1 aromatic rings. The van der Waals surface area contributed by atoms with Gasteiger partial charge in [-0.15, -0.1) is 0 Å². The SMILES string of the molecule is CCC(C)N(CC)c1ccc(CCN)cc1C(F)(F)F. The molecule has 0 amide bonds. The summed E-state index contributed by atoms with van der Waals surface area (Å²) in [5.74, 6) is 0. The summed E-state index contributed by atoms with van der Waals surface area (Å²) in [5, 5.41) is 0. The number of benzene rings is 1. The zero-order chi connectivity index (χ0) is 15.3. The van der Waals surface area contributed by atoms with E-state index in [1.807, 2.05) is 20.8 Å². The summed E-state index contributed by atoms with van der Waals surface area (Å²) < 4.78 is 39.8. The van der Waals surface area contributed by atoms with Gasteiger partial charge in [-0.25, -0.2) is 0 Å². The van der Waals surface area contributed by atoms with Crippen LogP contribution in [0.1, 0.15) is 38.3 Å². The van der Waals surface area contributed by atoms with Crippen molar-refractivity contribution in [3.8, 4) is 0 Å².